The molecule has 0 aliphatic carbocycles. The molecular weight excluding hydrogens is 379 g/mol. The Balaban J connectivity index is 3.14. The fourth-order valence-corrected chi connectivity index (χ4v) is 3.91. The second-order valence-electron chi connectivity index (χ2n) is 4.74. The number of benzene rings is 1. The van der Waals surface area contributed by atoms with Crippen LogP contribution in [0.1, 0.15) is 5.56 Å². The van der Waals surface area contributed by atoms with Crippen molar-refractivity contribution in [2.75, 3.05) is 19.6 Å². The lowest BCUT2D eigenvalue weighted by molar-refractivity contribution is -0.137. The summed E-state index contributed by atoms with van der Waals surface area (Å²) in [6.07, 6.45) is 1.30. The maximum Gasteiger partial charge on any atom is 0.322 e. The lowest BCUT2D eigenvalue weighted by Crippen LogP contribution is -2.42. The molecule has 0 aliphatic heterocycles. The van der Waals surface area contributed by atoms with Gasteiger partial charge in [-0.3, -0.25) is 9.59 Å². The average Bonchev–Trinajstić information content (AvgIpc) is 2.50. The normalized spacial score (nSPS) is 11.3. The van der Waals surface area contributed by atoms with E-state index in [9.17, 15) is 18.0 Å². The molecule has 0 bridgehead atoms. The molecule has 0 radical (unpaired) electrons. The molecular formula is C14H16Cl2N2O5S. The molecule has 7 nitrogen and oxygen atoms in total. The smallest absolute Gasteiger partial charge is 0.322 e. The standard InChI is InChI=1S/C14H16Cl2N2O5S/c1-3-6-18(8-12(19)17-7-13(20)21)24(22,23)11-5-4-10(15)9(2)14(11)16/h3-5H,1,6-8H2,2H3,(H,17,19)(H,20,21). The quantitative estimate of drug-likeness (QED) is 0.652. The number of carbonyl (C=O) groups is 2. The summed E-state index contributed by atoms with van der Waals surface area (Å²) in [6, 6.07) is 2.64. The minimum atomic E-state index is -4.10. The van der Waals surface area contributed by atoms with Crippen molar-refractivity contribution in [3.8, 4) is 0 Å². The predicted molar refractivity (Wildman–Crippen MR) is 90.8 cm³/mol. The van der Waals surface area contributed by atoms with Crippen molar-refractivity contribution in [1.82, 2.24) is 9.62 Å². The molecule has 24 heavy (non-hydrogen) atoms. The maximum atomic E-state index is 12.7. The van der Waals surface area contributed by atoms with Crippen LogP contribution in [0.25, 0.3) is 0 Å². The number of hydrogen-bond donors (Lipinski definition) is 2. The molecule has 0 atom stereocenters. The van der Waals surface area contributed by atoms with Gasteiger partial charge in [0.25, 0.3) is 0 Å². The number of aliphatic carboxylic acids is 1. The van der Waals surface area contributed by atoms with Gasteiger partial charge in [-0.2, -0.15) is 4.31 Å². The third-order valence-electron chi connectivity index (χ3n) is 2.99. The molecule has 1 rings (SSSR count). The van der Waals surface area contributed by atoms with Crippen LogP contribution in [0.4, 0.5) is 0 Å². The van der Waals surface area contributed by atoms with Crippen molar-refractivity contribution in [2.45, 2.75) is 11.8 Å². The van der Waals surface area contributed by atoms with Crippen LogP contribution in [0.3, 0.4) is 0 Å². The zero-order valence-electron chi connectivity index (χ0n) is 12.8. The van der Waals surface area contributed by atoms with Crippen molar-refractivity contribution in [3.05, 3.63) is 40.4 Å². The molecule has 10 heteroatoms. The Labute approximate surface area is 149 Å². The molecule has 1 amide bonds. The van der Waals surface area contributed by atoms with Gasteiger partial charge in [0.1, 0.15) is 11.4 Å². The first-order valence-electron chi connectivity index (χ1n) is 6.65. The van der Waals surface area contributed by atoms with Crippen LogP contribution in [-0.2, 0) is 19.6 Å². The van der Waals surface area contributed by atoms with Crippen LogP contribution >= 0.6 is 23.2 Å². The minimum Gasteiger partial charge on any atom is -0.480 e. The summed E-state index contributed by atoms with van der Waals surface area (Å²) in [6.45, 7) is 3.70. The van der Waals surface area contributed by atoms with E-state index in [-0.39, 0.29) is 16.5 Å². The molecule has 0 heterocycles. The second-order valence-corrected chi connectivity index (χ2v) is 7.43. The second kappa shape index (κ2) is 8.48. The number of carboxylic acids is 1. The van der Waals surface area contributed by atoms with Crippen LogP contribution in [0, 0.1) is 6.92 Å². The lowest BCUT2D eigenvalue weighted by atomic mass is 10.2. The third-order valence-corrected chi connectivity index (χ3v) is 5.85. The first kappa shape index (κ1) is 20.4. The van der Waals surface area contributed by atoms with E-state index in [2.05, 4.69) is 11.9 Å². The number of hydrogen-bond acceptors (Lipinski definition) is 4. The van der Waals surface area contributed by atoms with E-state index >= 15 is 0 Å². The molecule has 1 aromatic rings. The Hall–Kier alpha value is -1.61. The van der Waals surface area contributed by atoms with Gasteiger partial charge in [0, 0.05) is 11.6 Å². The van der Waals surface area contributed by atoms with E-state index in [4.69, 9.17) is 28.3 Å². The van der Waals surface area contributed by atoms with Crippen molar-refractivity contribution >= 4 is 45.1 Å². The Kier molecular flexibility index (Phi) is 7.22. The van der Waals surface area contributed by atoms with Gasteiger partial charge in [0.05, 0.1) is 11.6 Å². The maximum absolute atomic E-state index is 12.7. The highest BCUT2D eigenvalue weighted by atomic mass is 35.5. The number of nitrogens with one attached hydrogen (secondary N) is 1. The molecule has 2 N–H and O–H groups in total. The highest BCUT2D eigenvalue weighted by Crippen LogP contribution is 2.31. The van der Waals surface area contributed by atoms with Crippen LogP contribution in [0.2, 0.25) is 10.0 Å². The van der Waals surface area contributed by atoms with Crippen molar-refractivity contribution < 1.29 is 23.1 Å². The molecule has 0 saturated heterocycles. The number of rotatable bonds is 8. The Morgan fingerprint density at radius 2 is 2.00 bits per heavy atom. The van der Waals surface area contributed by atoms with Gasteiger partial charge in [0.2, 0.25) is 15.9 Å². The number of nitrogens with zero attached hydrogens (tertiary/aromatic N) is 1. The monoisotopic (exact) mass is 394 g/mol. The zero-order chi connectivity index (χ0) is 18.5. The fourth-order valence-electron chi connectivity index (χ4n) is 1.76. The van der Waals surface area contributed by atoms with E-state index in [1.54, 1.807) is 6.92 Å². The van der Waals surface area contributed by atoms with E-state index in [1.165, 1.54) is 18.2 Å². The number of sulfonamides is 1. The number of carboxylic acid groups (broad SMARTS) is 1. The van der Waals surface area contributed by atoms with Gasteiger partial charge in [-0.25, -0.2) is 8.42 Å². The Morgan fingerprint density at radius 3 is 2.54 bits per heavy atom. The number of carbonyl (C=O) groups excluding carboxylic acids is 1. The van der Waals surface area contributed by atoms with Crippen LogP contribution in [0.15, 0.2) is 29.7 Å². The first-order valence-corrected chi connectivity index (χ1v) is 8.85. The Bertz CT molecular complexity index is 765. The van der Waals surface area contributed by atoms with Gasteiger partial charge in [-0.1, -0.05) is 29.3 Å². The van der Waals surface area contributed by atoms with E-state index in [1.807, 2.05) is 0 Å². The topological polar surface area (TPSA) is 104 Å². The molecule has 0 aromatic heterocycles. The molecule has 132 valence electrons. The summed E-state index contributed by atoms with van der Waals surface area (Å²) in [7, 11) is -4.10. The SMILES string of the molecule is C=CCN(CC(=O)NCC(=O)O)S(=O)(=O)c1ccc(Cl)c(C)c1Cl. The van der Waals surface area contributed by atoms with Gasteiger partial charge >= 0.3 is 5.97 Å². The zero-order valence-corrected chi connectivity index (χ0v) is 15.1. The summed E-state index contributed by atoms with van der Waals surface area (Å²) in [5.41, 5.74) is 0.397. The van der Waals surface area contributed by atoms with Crippen LogP contribution in [-0.4, -0.2) is 49.3 Å². The molecule has 0 spiro atoms. The molecule has 0 saturated carbocycles. The number of amides is 1. The van der Waals surface area contributed by atoms with E-state index < -0.39 is 35.0 Å². The summed E-state index contributed by atoms with van der Waals surface area (Å²) in [5.74, 6) is -2.00. The van der Waals surface area contributed by atoms with Crippen molar-refractivity contribution in [1.29, 1.82) is 0 Å². The molecule has 1 aromatic carbocycles. The van der Waals surface area contributed by atoms with Gasteiger partial charge < -0.3 is 10.4 Å². The van der Waals surface area contributed by atoms with Crippen LogP contribution in [0.5, 0.6) is 0 Å². The number of halogens is 2. The third kappa shape index (κ3) is 4.94. The summed E-state index contributed by atoms with van der Waals surface area (Å²) >= 11 is 12.0. The van der Waals surface area contributed by atoms with Gasteiger partial charge in [-0.15, -0.1) is 6.58 Å². The van der Waals surface area contributed by atoms with Gasteiger partial charge in [-0.05, 0) is 24.6 Å². The van der Waals surface area contributed by atoms with E-state index in [0.29, 0.717) is 10.6 Å². The van der Waals surface area contributed by atoms with Crippen LogP contribution < -0.4 is 5.32 Å². The molecule has 0 fully saturated rings. The average molecular weight is 395 g/mol. The highest BCUT2D eigenvalue weighted by Gasteiger charge is 2.28. The Morgan fingerprint density at radius 1 is 1.38 bits per heavy atom. The first-order chi connectivity index (χ1) is 11.1. The largest absolute Gasteiger partial charge is 0.480 e. The van der Waals surface area contributed by atoms with Gasteiger partial charge in [0.15, 0.2) is 0 Å². The molecule has 0 unspecified atom stereocenters. The summed E-state index contributed by atoms with van der Waals surface area (Å²) in [4.78, 5) is 22.0. The predicted octanol–water partition coefficient (Wildman–Crippen LogP) is 1.68. The minimum absolute atomic E-state index is 0.0393. The highest BCUT2D eigenvalue weighted by molar-refractivity contribution is 7.89. The summed E-state index contributed by atoms with van der Waals surface area (Å²) < 4.78 is 26.3. The fraction of sp³-hybridized carbons (Fsp3) is 0.286. The van der Waals surface area contributed by atoms with Crippen molar-refractivity contribution in [3.63, 3.8) is 0 Å². The van der Waals surface area contributed by atoms with E-state index in [0.717, 1.165) is 4.31 Å². The molecule has 0 aliphatic rings. The van der Waals surface area contributed by atoms with Crippen molar-refractivity contribution in [2.24, 2.45) is 0 Å². The lowest BCUT2D eigenvalue weighted by Gasteiger charge is -2.21. The summed E-state index contributed by atoms with van der Waals surface area (Å²) in [5, 5.41) is 10.9.